The first kappa shape index (κ1) is 18.1. The fourth-order valence-electron chi connectivity index (χ4n) is 2.81. The van der Waals surface area contributed by atoms with E-state index in [0.29, 0.717) is 24.5 Å². The maximum atomic E-state index is 7.84. The van der Waals surface area contributed by atoms with Gasteiger partial charge in [-0.25, -0.2) is 0 Å². The summed E-state index contributed by atoms with van der Waals surface area (Å²) >= 11 is 0. The highest BCUT2D eigenvalue weighted by Crippen LogP contribution is 2.25. The average Bonchev–Trinajstić information content (AvgIpc) is 2.69. The Labute approximate surface area is 153 Å². The molecule has 0 amide bonds. The van der Waals surface area contributed by atoms with Gasteiger partial charge in [-0.15, -0.1) is 0 Å². The molecule has 26 heavy (non-hydrogen) atoms. The van der Waals surface area contributed by atoms with Gasteiger partial charge in [0.15, 0.2) is 0 Å². The molecule has 0 radical (unpaired) electrons. The van der Waals surface area contributed by atoms with Crippen molar-refractivity contribution in [3.8, 4) is 17.2 Å². The van der Waals surface area contributed by atoms with E-state index in [2.05, 4.69) is 0 Å². The second-order valence-electron chi connectivity index (χ2n) is 6.28. The van der Waals surface area contributed by atoms with Crippen molar-refractivity contribution in [3.05, 3.63) is 54.1 Å². The van der Waals surface area contributed by atoms with Gasteiger partial charge in [0.1, 0.15) is 23.9 Å². The number of nitrogens with one attached hydrogen (secondary N) is 2. The molecule has 1 unspecified atom stereocenters. The molecule has 0 saturated carbocycles. The monoisotopic (exact) mass is 352 g/mol. The minimum absolute atomic E-state index is 0.199. The second-order valence-corrected chi connectivity index (χ2v) is 6.28. The van der Waals surface area contributed by atoms with Crippen LogP contribution in [0.3, 0.4) is 0 Å². The molecule has 1 saturated heterocycles. The van der Waals surface area contributed by atoms with Crippen LogP contribution >= 0.6 is 0 Å². The Morgan fingerprint density at radius 3 is 2.27 bits per heavy atom. The van der Waals surface area contributed by atoms with E-state index in [9.17, 15) is 0 Å². The van der Waals surface area contributed by atoms with Crippen molar-refractivity contribution < 1.29 is 14.2 Å². The van der Waals surface area contributed by atoms with Crippen LogP contribution in [0.1, 0.15) is 31.2 Å². The largest absolute Gasteiger partial charge is 0.491 e. The SMILES string of the molecule is N=CCC(=N)c1ccc(Oc2ccc(OCC3CCCCO3)cc2)cc1. The predicted octanol–water partition coefficient (Wildman–Crippen LogP) is 4.83. The summed E-state index contributed by atoms with van der Waals surface area (Å²) in [7, 11) is 0. The Kier molecular flexibility index (Phi) is 6.39. The van der Waals surface area contributed by atoms with Gasteiger partial charge in [-0.3, -0.25) is 0 Å². The Morgan fingerprint density at radius 1 is 1.00 bits per heavy atom. The third kappa shape index (κ3) is 5.17. The van der Waals surface area contributed by atoms with Gasteiger partial charge in [0.2, 0.25) is 0 Å². The summed E-state index contributed by atoms with van der Waals surface area (Å²) in [4.78, 5) is 0. The van der Waals surface area contributed by atoms with E-state index in [1.54, 1.807) is 0 Å². The van der Waals surface area contributed by atoms with Gasteiger partial charge in [-0.05, 0) is 73.4 Å². The van der Waals surface area contributed by atoms with Crippen LogP contribution < -0.4 is 9.47 Å². The highest BCUT2D eigenvalue weighted by atomic mass is 16.5. The number of benzene rings is 2. The van der Waals surface area contributed by atoms with Gasteiger partial charge in [0, 0.05) is 25.0 Å². The molecular formula is C21H24N2O3. The van der Waals surface area contributed by atoms with E-state index >= 15 is 0 Å². The third-order valence-corrected chi connectivity index (χ3v) is 4.28. The van der Waals surface area contributed by atoms with E-state index < -0.39 is 0 Å². The highest BCUT2D eigenvalue weighted by molar-refractivity contribution is 6.04. The van der Waals surface area contributed by atoms with Crippen LogP contribution in [0.4, 0.5) is 0 Å². The maximum Gasteiger partial charge on any atom is 0.127 e. The molecule has 1 heterocycles. The Bertz CT molecular complexity index is 720. The van der Waals surface area contributed by atoms with E-state index in [0.717, 1.165) is 36.5 Å². The first-order valence-corrected chi connectivity index (χ1v) is 8.94. The molecule has 3 rings (SSSR count). The van der Waals surface area contributed by atoms with Crippen LogP contribution in [0.5, 0.6) is 17.2 Å². The number of hydrogen-bond acceptors (Lipinski definition) is 5. The average molecular weight is 352 g/mol. The van der Waals surface area contributed by atoms with E-state index in [4.69, 9.17) is 25.0 Å². The Balaban J connectivity index is 1.52. The highest BCUT2D eigenvalue weighted by Gasteiger charge is 2.14. The van der Waals surface area contributed by atoms with Crippen molar-refractivity contribution in [3.63, 3.8) is 0 Å². The van der Waals surface area contributed by atoms with Crippen molar-refractivity contribution in [2.24, 2.45) is 0 Å². The van der Waals surface area contributed by atoms with Gasteiger partial charge in [0.25, 0.3) is 0 Å². The molecular weight excluding hydrogens is 328 g/mol. The molecule has 5 nitrogen and oxygen atoms in total. The molecule has 0 aromatic heterocycles. The van der Waals surface area contributed by atoms with Gasteiger partial charge in [-0.1, -0.05) is 0 Å². The van der Waals surface area contributed by atoms with Crippen LogP contribution in [0.2, 0.25) is 0 Å². The molecule has 2 aromatic carbocycles. The Hall–Kier alpha value is -2.66. The van der Waals surface area contributed by atoms with E-state index in [1.165, 1.54) is 12.6 Å². The lowest BCUT2D eigenvalue weighted by Crippen LogP contribution is -2.25. The fraction of sp³-hybridized carbons (Fsp3) is 0.333. The molecule has 5 heteroatoms. The summed E-state index contributed by atoms with van der Waals surface area (Å²) in [6.07, 6.45) is 5.19. The first-order chi connectivity index (χ1) is 12.7. The van der Waals surface area contributed by atoms with Crippen LogP contribution in [-0.4, -0.2) is 31.2 Å². The normalized spacial score (nSPS) is 16.7. The molecule has 0 aliphatic carbocycles. The molecule has 1 atom stereocenters. The zero-order valence-electron chi connectivity index (χ0n) is 14.7. The van der Waals surface area contributed by atoms with Crippen molar-refractivity contribution >= 4 is 11.9 Å². The van der Waals surface area contributed by atoms with Crippen molar-refractivity contribution in [1.29, 1.82) is 10.8 Å². The summed E-state index contributed by atoms with van der Waals surface area (Å²) < 4.78 is 17.3. The van der Waals surface area contributed by atoms with Crippen molar-refractivity contribution in [2.75, 3.05) is 13.2 Å². The molecule has 2 N–H and O–H groups in total. The van der Waals surface area contributed by atoms with Gasteiger partial charge < -0.3 is 25.0 Å². The Morgan fingerprint density at radius 2 is 1.65 bits per heavy atom. The number of hydrogen-bond donors (Lipinski definition) is 2. The van der Waals surface area contributed by atoms with Crippen LogP contribution in [0.25, 0.3) is 0 Å². The van der Waals surface area contributed by atoms with Gasteiger partial charge >= 0.3 is 0 Å². The molecule has 1 aliphatic rings. The van der Waals surface area contributed by atoms with Crippen molar-refractivity contribution in [1.82, 2.24) is 0 Å². The zero-order valence-corrected chi connectivity index (χ0v) is 14.7. The first-order valence-electron chi connectivity index (χ1n) is 8.94. The lowest BCUT2D eigenvalue weighted by atomic mass is 10.1. The fourth-order valence-corrected chi connectivity index (χ4v) is 2.81. The molecule has 1 fully saturated rings. The van der Waals surface area contributed by atoms with Gasteiger partial charge in [-0.2, -0.15) is 0 Å². The lowest BCUT2D eigenvalue weighted by Gasteiger charge is -2.22. The minimum Gasteiger partial charge on any atom is -0.491 e. The molecule has 136 valence electrons. The second kappa shape index (κ2) is 9.15. The topological polar surface area (TPSA) is 75.4 Å². The van der Waals surface area contributed by atoms with Crippen molar-refractivity contribution in [2.45, 2.75) is 31.8 Å². The molecule has 0 bridgehead atoms. The standard InChI is InChI=1S/C21H24N2O3/c22-13-12-21(23)16-4-6-18(7-5-16)26-19-10-8-17(9-11-19)25-15-20-3-1-2-14-24-20/h4-11,13,20,22-23H,1-3,12,14-15H2. The summed E-state index contributed by atoms with van der Waals surface area (Å²) in [6.45, 7) is 1.42. The zero-order chi connectivity index (χ0) is 18.2. The number of ether oxygens (including phenoxy) is 3. The predicted molar refractivity (Wildman–Crippen MR) is 102 cm³/mol. The van der Waals surface area contributed by atoms with E-state index in [-0.39, 0.29) is 6.10 Å². The van der Waals surface area contributed by atoms with Crippen LogP contribution in [-0.2, 0) is 4.74 Å². The summed E-state index contributed by atoms with van der Waals surface area (Å²) in [5, 5.41) is 14.9. The maximum absolute atomic E-state index is 7.84. The van der Waals surface area contributed by atoms with E-state index in [1.807, 2.05) is 48.5 Å². The summed E-state index contributed by atoms with van der Waals surface area (Å²) in [6, 6.07) is 14.9. The number of rotatable bonds is 8. The molecule has 1 aliphatic heterocycles. The molecule has 0 spiro atoms. The van der Waals surface area contributed by atoms with Crippen LogP contribution in [0.15, 0.2) is 48.5 Å². The summed E-state index contributed by atoms with van der Waals surface area (Å²) in [5.41, 5.74) is 1.23. The molecule has 2 aromatic rings. The summed E-state index contributed by atoms with van der Waals surface area (Å²) in [5.74, 6) is 2.25. The van der Waals surface area contributed by atoms with Crippen LogP contribution in [0, 0.1) is 10.8 Å². The quantitative estimate of drug-likeness (QED) is 0.668. The minimum atomic E-state index is 0.199. The van der Waals surface area contributed by atoms with Gasteiger partial charge in [0.05, 0.1) is 6.10 Å². The lowest BCUT2D eigenvalue weighted by molar-refractivity contribution is -0.0110. The smallest absolute Gasteiger partial charge is 0.127 e. The third-order valence-electron chi connectivity index (χ3n) is 4.28.